The molecule has 1 saturated heterocycles. The minimum atomic E-state index is -1.10. The van der Waals surface area contributed by atoms with Gasteiger partial charge in [0.05, 0.1) is 22.7 Å². The van der Waals surface area contributed by atoms with Gasteiger partial charge in [0.1, 0.15) is 11.1 Å². The number of amides is 1. The molecule has 3 rings (SSSR count). The molecule has 7 heteroatoms. The van der Waals surface area contributed by atoms with Crippen molar-refractivity contribution in [3.05, 3.63) is 63.6 Å². The second-order valence-electron chi connectivity index (χ2n) is 5.47. The highest BCUT2D eigenvalue weighted by atomic mass is 79.9. The maximum atomic E-state index is 13.0. The zero-order valence-electron chi connectivity index (χ0n) is 13.4. The van der Waals surface area contributed by atoms with Crippen molar-refractivity contribution in [2.45, 2.75) is 5.37 Å². The minimum Gasteiger partial charge on any atom is -0.496 e. The second kappa shape index (κ2) is 7.49. The average molecular weight is 422 g/mol. The number of carbonyl (C=O) groups excluding carboxylic acids is 1. The highest BCUT2D eigenvalue weighted by molar-refractivity contribution is 9.10. The molecule has 0 unspecified atom stereocenters. The summed E-state index contributed by atoms with van der Waals surface area (Å²) in [6.45, 7) is 0.575. The van der Waals surface area contributed by atoms with Crippen LogP contribution in [-0.2, 0) is 0 Å². The molecule has 130 valence electrons. The van der Waals surface area contributed by atoms with E-state index < -0.39 is 5.97 Å². The van der Waals surface area contributed by atoms with Gasteiger partial charge in [-0.3, -0.25) is 4.79 Å². The summed E-state index contributed by atoms with van der Waals surface area (Å²) in [7, 11) is 1.60. The summed E-state index contributed by atoms with van der Waals surface area (Å²) in [5.41, 5.74) is 1.21. The molecule has 25 heavy (non-hydrogen) atoms. The van der Waals surface area contributed by atoms with Crippen molar-refractivity contribution in [2.24, 2.45) is 0 Å². The van der Waals surface area contributed by atoms with E-state index in [4.69, 9.17) is 4.74 Å². The number of aromatic carboxylic acids is 1. The molecule has 0 aromatic heterocycles. The fourth-order valence-electron chi connectivity index (χ4n) is 2.80. The lowest BCUT2D eigenvalue weighted by molar-refractivity contribution is 0.0676. The number of hydrogen-bond donors (Lipinski definition) is 1. The molecular formula is C18H16BrNO4S. The Morgan fingerprint density at radius 2 is 1.96 bits per heavy atom. The van der Waals surface area contributed by atoms with Gasteiger partial charge in [0.15, 0.2) is 0 Å². The van der Waals surface area contributed by atoms with Gasteiger partial charge in [0.2, 0.25) is 0 Å². The number of hydrogen-bond acceptors (Lipinski definition) is 4. The Labute approximate surface area is 158 Å². The maximum absolute atomic E-state index is 13.0. The molecule has 0 aliphatic carbocycles. The van der Waals surface area contributed by atoms with Gasteiger partial charge in [-0.2, -0.15) is 0 Å². The van der Waals surface area contributed by atoms with Gasteiger partial charge in [-0.25, -0.2) is 4.79 Å². The fraction of sp³-hybridized carbons (Fsp3) is 0.222. The summed E-state index contributed by atoms with van der Waals surface area (Å²) in [6.07, 6.45) is 0. The summed E-state index contributed by atoms with van der Waals surface area (Å²) in [5.74, 6) is 0.162. The van der Waals surface area contributed by atoms with Crippen LogP contribution < -0.4 is 4.74 Å². The lowest BCUT2D eigenvalue weighted by Gasteiger charge is -2.25. The summed E-state index contributed by atoms with van der Waals surface area (Å²) in [6, 6.07) is 12.0. The summed E-state index contributed by atoms with van der Waals surface area (Å²) in [5, 5.41) is 9.18. The molecule has 0 radical (unpaired) electrons. The van der Waals surface area contributed by atoms with Crippen LogP contribution in [0.25, 0.3) is 0 Å². The number of carbonyl (C=O) groups is 2. The smallest absolute Gasteiger partial charge is 0.336 e. The van der Waals surface area contributed by atoms with Crippen molar-refractivity contribution < 1.29 is 19.4 Å². The van der Waals surface area contributed by atoms with Crippen molar-refractivity contribution in [2.75, 3.05) is 19.4 Å². The first-order valence-electron chi connectivity index (χ1n) is 7.61. The first kappa shape index (κ1) is 17.8. The number of nitrogens with zero attached hydrogens (tertiary/aromatic N) is 1. The van der Waals surface area contributed by atoms with Gasteiger partial charge in [-0.1, -0.05) is 18.2 Å². The Kier molecular flexibility index (Phi) is 5.34. The van der Waals surface area contributed by atoms with Crippen LogP contribution >= 0.6 is 27.7 Å². The number of carboxylic acid groups (broad SMARTS) is 1. The molecule has 1 N–H and O–H groups in total. The van der Waals surface area contributed by atoms with Gasteiger partial charge < -0.3 is 14.7 Å². The Morgan fingerprint density at radius 1 is 1.24 bits per heavy atom. The normalized spacial score (nSPS) is 16.7. The third-order valence-electron chi connectivity index (χ3n) is 4.00. The Hall–Kier alpha value is -1.99. The number of methoxy groups -OCH3 is 1. The topological polar surface area (TPSA) is 66.8 Å². The van der Waals surface area contributed by atoms with Crippen LogP contribution in [0, 0.1) is 0 Å². The molecule has 1 fully saturated rings. The molecule has 1 atom stereocenters. The molecule has 1 aliphatic heterocycles. The van der Waals surface area contributed by atoms with Crippen molar-refractivity contribution in [3.8, 4) is 5.75 Å². The number of benzene rings is 2. The van der Waals surface area contributed by atoms with Crippen LogP contribution in [0.4, 0.5) is 0 Å². The average Bonchev–Trinajstić information content (AvgIpc) is 3.10. The third-order valence-corrected chi connectivity index (χ3v) is 5.88. The molecule has 2 aromatic carbocycles. The van der Waals surface area contributed by atoms with E-state index in [-0.39, 0.29) is 22.4 Å². The van der Waals surface area contributed by atoms with Crippen LogP contribution in [0.1, 0.15) is 31.7 Å². The highest BCUT2D eigenvalue weighted by Crippen LogP contribution is 2.41. The number of carboxylic acids is 1. The zero-order valence-corrected chi connectivity index (χ0v) is 15.8. The zero-order chi connectivity index (χ0) is 18.0. The largest absolute Gasteiger partial charge is 0.496 e. The summed E-state index contributed by atoms with van der Waals surface area (Å²) in [4.78, 5) is 26.1. The number of ether oxygens (including phenoxy) is 1. The molecule has 2 aromatic rings. The van der Waals surface area contributed by atoms with Gasteiger partial charge in [-0.05, 0) is 45.8 Å². The number of halogens is 1. The molecule has 0 bridgehead atoms. The van der Waals surface area contributed by atoms with E-state index in [1.165, 1.54) is 6.07 Å². The van der Waals surface area contributed by atoms with Crippen LogP contribution in [0.3, 0.4) is 0 Å². The van der Waals surface area contributed by atoms with Crippen LogP contribution in [-0.4, -0.2) is 41.3 Å². The van der Waals surface area contributed by atoms with Crippen molar-refractivity contribution >= 4 is 39.6 Å². The molecule has 1 aliphatic rings. The highest BCUT2D eigenvalue weighted by Gasteiger charge is 2.33. The van der Waals surface area contributed by atoms with E-state index in [9.17, 15) is 14.7 Å². The van der Waals surface area contributed by atoms with E-state index >= 15 is 0 Å². The fourth-order valence-corrected chi connectivity index (χ4v) is 4.61. The van der Waals surface area contributed by atoms with Gasteiger partial charge in [0.25, 0.3) is 5.91 Å². The monoisotopic (exact) mass is 421 g/mol. The van der Waals surface area contributed by atoms with Gasteiger partial charge in [-0.15, -0.1) is 11.8 Å². The lowest BCUT2D eigenvalue weighted by atomic mass is 10.1. The van der Waals surface area contributed by atoms with Crippen molar-refractivity contribution in [3.63, 3.8) is 0 Å². The Morgan fingerprint density at radius 3 is 2.60 bits per heavy atom. The van der Waals surface area contributed by atoms with Gasteiger partial charge >= 0.3 is 5.97 Å². The van der Waals surface area contributed by atoms with E-state index in [1.807, 2.05) is 18.2 Å². The van der Waals surface area contributed by atoms with Crippen LogP contribution in [0.15, 0.2) is 46.9 Å². The standard InChI is InChI=1S/C18H16BrNO4S/c1-24-15-7-6-11(10-14(15)19)17-20(8-9-25-17)16(21)12-4-2-3-5-13(12)18(22)23/h2-7,10,17H,8-9H2,1H3,(H,22,23)/t17-/m1/s1. The lowest BCUT2D eigenvalue weighted by Crippen LogP contribution is -2.31. The quantitative estimate of drug-likeness (QED) is 0.806. The molecule has 0 saturated carbocycles. The predicted octanol–water partition coefficient (Wildman–Crippen LogP) is 4.04. The molecule has 5 nitrogen and oxygen atoms in total. The third kappa shape index (κ3) is 3.52. The van der Waals surface area contributed by atoms with Crippen molar-refractivity contribution in [1.29, 1.82) is 0 Å². The Balaban J connectivity index is 1.93. The SMILES string of the molecule is COc1ccc([C@H]2SCCN2C(=O)c2ccccc2C(=O)O)cc1Br. The van der Waals surface area contributed by atoms with E-state index in [2.05, 4.69) is 15.9 Å². The molecule has 1 heterocycles. The first-order valence-corrected chi connectivity index (χ1v) is 9.45. The molecule has 1 amide bonds. The number of thioether (sulfide) groups is 1. The summed E-state index contributed by atoms with van der Waals surface area (Å²) >= 11 is 5.13. The minimum absolute atomic E-state index is 0.0269. The first-order chi connectivity index (χ1) is 12.0. The molecule has 0 spiro atoms. The number of rotatable bonds is 4. The predicted molar refractivity (Wildman–Crippen MR) is 100 cm³/mol. The second-order valence-corrected chi connectivity index (χ2v) is 7.51. The van der Waals surface area contributed by atoms with E-state index in [0.717, 1.165) is 21.5 Å². The van der Waals surface area contributed by atoms with Crippen LogP contribution in [0.5, 0.6) is 5.75 Å². The van der Waals surface area contributed by atoms with E-state index in [1.54, 1.807) is 42.0 Å². The van der Waals surface area contributed by atoms with Crippen molar-refractivity contribution in [1.82, 2.24) is 4.90 Å². The van der Waals surface area contributed by atoms with Gasteiger partial charge in [0, 0.05) is 12.3 Å². The molecular weight excluding hydrogens is 406 g/mol. The maximum Gasteiger partial charge on any atom is 0.336 e. The van der Waals surface area contributed by atoms with Crippen LogP contribution in [0.2, 0.25) is 0 Å². The Bertz CT molecular complexity index is 826. The van der Waals surface area contributed by atoms with E-state index in [0.29, 0.717) is 6.54 Å². The summed E-state index contributed by atoms with van der Waals surface area (Å²) < 4.78 is 6.07.